The first-order valence-corrected chi connectivity index (χ1v) is 11.4. The highest BCUT2D eigenvalue weighted by atomic mass is 19.4. The van der Waals surface area contributed by atoms with Gasteiger partial charge in [-0.3, -0.25) is 4.57 Å². The minimum absolute atomic E-state index is 0.0295. The molecule has 3 aromatic carbocycles. The Hall–Kier alpha value is -4.87. The van der Waals surface area contributed by atoms with Crippen molar-refractivity contribution < 1.29 is 36.6 Å². The third-order valence-corrected chi connectivity index (χ3v) is 6.06. The molecule has 2 aromatic heterocycles. The lowest BCUT2D eigenvalue weighted by atomic mass is 10.1. The van der Waals surface area contributed by atoms with E-state index in [0.717, 1.165) is 16.7 Å². The lowest BCUT2D eigenvalue weighted by Crippen LogP contribution is -2.22. The molecule has 5 aromatic rings. The molecular formula is C27H20F4N4O4. The smallest absolute Gasteiger partial charge is 0.418 e. The molecule has 5 rings (SSSR count). The molecule has 0 unspecified atom stereocenters. The Balaban J connectivity index is 1.51. The number of para-hydroxylation sites is 1. The zero-order valence-electron chi connectivity index (χ0n) is 20.8. The molecule has 0 aliphatic heterocycles. The SMILES string of the molecule is COc1cc2ncnc(Oc3ccc4c(cc(C)n4C(=O)Nc4ccccc4C(F)(F)F)c3F)c2cc1OC. The van der Waals surface area contributed by atoms with Gasteiger partial charge in [0.2, 0.25) is 5.88 Å². The molecule has 0 saturated carbocycles. The Labute approximate surface area is 218 Å². The van der Waals surface area contributed by atoms with Crippen LogP contribution in [0.1, 0.15) is 11.3 Å². The van der Waals surface area contributed by atoms with E-state index >= 15 is 4.39 Å². The number of nitrogens with zero attached hydrogens (tertiary/aromatic N) is 3. The number of fused-ring (bicyclic) bond motifs is 2. The van der Waals surface area contributed by atoms with E-state index < -0.39 is 29.3 Å². The number of aryl methyl sites for hydroxylation is 1. The van der Waals surface area contributed by atoms with Gasteiger partial charge in [0.1, 0.15) is 6.33 Å². The molecule has 12 heteroatoms. The summed E-state index contributed by atoms with van der Waals surface area (Å²) in [6.45, 7) is 1.53. The maximum Gasteiger partial charge on any atom is 0.418 e. The van der Waals surface area contributed by atoms with Crippen LogP contribution in [0, 0.1) is 12.7 Å². The normalized spacial score (nSPS) is 11.6. The van der Waals surface area contributed by atoms with Crippen molar-refractivity contribution in [3.05, 3.63) is 78.0 Å². The molecule has 1 amide bonds. The van der Waals surface area contributed by atoms with Crippen molar-refractivity contribution in [3.8, 4) is 23.1 Å². The predicted octanol–water partition coefficient (Wildman–Crippen LogP) is 6.94. The molecule has 39 heavy (non-hydrogen) atoms. The summed E-state index contributed by atoms with van der Waals surface area (Å²) < 4.78 is 73.3. The van der Waals surface area contributed by atoms with E-state index in [1.54, 1.807) is 12.1 Å². The molecule has 0 spiro atoms. The molecule has 8 nitrogen and oxygen atoms in total. The maximum absolute atomic E-state index is 15.6. The standard InChI is InChI=1S/C27H20F4N4O4/c1-14-10-16-20(35(14)26(36)34-18-7-5-4-6-17(18)27(29,30)31)8-9-21(24(16)28)39-25-15-11-22(37-2)23(38-3)12-19(15)32-13-33-25/h4-13H,1-3H3,(H,34,36). The Morgan fingerprint density at radius 1 is 0.923 bits per heavy atom. The van der Waals surface area contributed by atoms with Crippen LogP contribution >= 0.6 is 0 Å². The quantitative estimate of drug-likeness (QED) is 0.243. The van der Waals surface area contributed by atoms with E-state index in [9.17, 15) is 18.0 Å². The molecule has 2 heterocycles. The number of alkyl halides is 3. The van der Waals surface area contributed by atoms with Crippen LogP contribution in [0.3, 0.4) is 0 Å². The molecule has 0 fully saturated rings. The fourth-order valence-corrected chi connectivity index (χ4v) is 4.26. The number of hydrogen-bond acceptors (Lipinski definition) is 6. The number of carbonyl (C=O) groups is 1. The highest BCUT2D eigenvalue weighted by Gasteiger charge is 2.34. The van der Waals surface area contributed by atoms with Gasteiger partial charge in [0.05, 0.1) is 41.9 Å². The minimum Gasteiger partial charge on any atom is -0.493 e. The summed E-state index contributed by atoms with van der Waals surface area (Å²) in [5.41, 5.74) is -0.511. The summed E-state index contributed by atoms with van der Waals surface area (Å²) in [6.07, 6.45) is -3.42. The summed E-state index contributed by atoms with van der Waals surface area (Å²) in [5, 5.41) is 2.74. The second-order valence-electron chi connectivity index (χ2n) is 8.41. The van der Waals surface area contributed by atoms with Gasteiger partial charge in [-0.05, 0) is 43.3 Å². The van der Waals surface area contributed by atoms with Gasteiger partial charge in [-0.1, -0.05) is 12.1 Å². The lowest BCUT2D eigenvalue weighted by molar-refractivity contribution is -0.136. The van der Waals surface area contributed by atoms with E-state index in [0.29, 0.717) is 28.1 Å². The maximum atomic E-state index is 15.6. The second-order valence-corrected chi connectivity index (χ2v) is 8.41. The van der Waals surface area contributed by atoms with E-state index in [-0.39, 0.29) is 22.5 Å². The van der Waals surface area contributed by atoms with Gasteiger partial charge in [0.25, 0.3) is 0 Å². The van der Waals surface area contributed by atoms with Crippen molar-refractivity contribution in [2.45, 2.75) is 13.1 Å². The number of nitrogens with one attached hydrogen (secondary N) is 1. The zero-order valence-corrected chi connectivity index (χ0v) is 20.8. The predicted molar refractivity (Wildman–Crippen MR) is 135 cm³/mol. The number of methoxy groups -OCH3 is 2. The molecule has 0 bridgehead atoms. The highest BCUT2D eigenvalue weighted by Crippen LogP contribution is 2.38. The molecule has 0 radical (unpaired) electrons. The molecule has 0 aliphatic carbocycles. The van der Waals surface area contributed by atoms with Crippen molar-refractivity contribution >= 4 is 33.5 Å². The second kappa shape index (κ2) is 9.78. The molecule has 200 valence electrons. The van der Waals surface area contributed by atoms with Crippen LogP contribution in [-0.2, 0) is 6.18 Å². The fraction of sp³-hybridized carbons (Fsp3) is 0.148. The van der Waals surface area contributed by atoms with E-state index in [4.69, 9.17) is 14.2 Å². The molecular weight excluding hydrogens is 520 g/mol. The van der Waals surface area contributed by atoms with Gasteiger partial charge in [0.15, 0.2) is 23.1 Å². The Morgan fingerprint density at radius 2 is 1.64 bits per heavy atom. The first-order valence-electron chi connectivity index (χ1n) is 11.4. The number of rotatable bonds is 5. The van der Waals surface area contributed by atoms with Gasteiger partial charge >= 0.3 is 12.2 Å². The van der Waals surface area contributed by atoms with Crippen LogP contribution in [0.2, 0.25) is 0 Å². The van der Waals surface area contributed by atoms with Crippen LogP contribution < -0.4 is 19.5 Å². The first kappa shape index (κ1) is 25.8. The van der Waals surface area contributed by atoms with Gasteiger partial charge in [-0.15, -0.1) is 0 Å². The number of halogens is 4. The summed E-state index contributed by atoms with van der Waals surface area (Å²) in [5.74, 6) is -0.0826. The van der Waals surface area contributed by atoms with Crippen LogP contribution in [0.25, 0.3) is 21.8 Å². The van der Waals surface area contributed by atoms with E-state index in [1.165, 1.54) is 57.8 Å². The summed E-state index contributed by atoms with van der Waals surface area (Å²) in [7, 11) is 2.95. The molecule has 0 atom stereocenters. The van der Waals surface area contributed by atoms with Gasteiger partial charge in [0, 0.05) is 17.1 Å². The Bertz CT molecular complexity index is 1730. The number of aromatic nitrogens is 3. The summed E-state index contributed by atoms with van der Waals surface area (Å²) in [4.78, 5) is 21.3. The number of anilines is 1. The van der Waals surface area contributed by atoms with Crippen molar-refractivity contribution in [1.82, 2.24) is 14.5 Å². The van der Waals surface area contributed by atoms with E-state index in [1.807, 2.05) is 0 Å². The number of hydrogen-bond donors (Lipinski definition) is 1. The van der Waals surface area contributed by atoms with Crippen molar-refractivity contribution in [1.29, 1.82) is 0 Å². The topological polar surface area (TPSA) is 87.5 Å². The lowest BCUT2D eigenvalue weighted by Gasteiger charge is -2.15. The van der Waals surface area contributed by atoms with Gasteiger partial charge in [-0.25, -0.2) is 19.2 Å². The monoisotopic (exact) mass is 540 g/mol. The first-order chi connectivity index (χ1) is 18.6. The Kier molecular flexibility index (Phi) is 6.46. The number of carbonyl (C=O) groups excluding carboxylic acids is 1. The highest BCUT2D eigenvalue weighted by molar-refractivity contribution is 6.00. The Morgan fingerprint density at radius 3 is 2.36 bits per heavy atom. The van der Waals surface area contributed by atoms with Crippen LogP contribution in [0.15, 0.2) is 60.9 Å². The van der Waals surface area contributed by atoms with Crippen LogP contribution in [-0.4, -0.2) is 34.8 Å². The van der Waals surface area contributed by atoms with Crippen LogP contribution in [0.5, 0.6) is 23.1 Å². The van der Waals surface area contributed by atoms with E-state index in [2.05, 4.69) is 15.3 Å². The zero-order chi connectivity index (χ0) is 27.9. The van der Waals surface area contributed by atoms with Crippen LogP contribution in [0.4, 0.5) is 28.0 Å². The molecule has 0 saturated heterocycles. The largest absolute Gasteiger partial charge is 0.493 e. The molecule has 1 N–H and O–H groups in total. The molecule has 0 aliphatic rings. The summed E-state index contributed by atoms with van der Waals surface area (Å²) in [6, 6.07) is 11.1. The number of amides is 1. The third kappa shape index (κ3) is 4.65. The number of benzene rings is 3. The minimum atomic E-state index is -4.67. The average molecular weight is 540 g/mol. The number of ether oxygens (including phenoxy) is 3. The van der Waals surface area contributed by atoms with Gasteiger partial charge < -0.3 is 19.5 Å². The third-order valence-electron chi connectivity index (χ3n) is 6.06. The van der Waals surface area contributed by atoms with Gasteiger partial charge in [-0.2, -0.15) is 13.2 Å². The van der Waals surface area contributed by atoms with Crippen molar-refractivity contribution in [2.75, 3.05) is 19.5 Å². The van der Waals surface area contributed by atoms with Crippen molar-refractivity contribution in [3.63, 3.8) is 0 Å². The fourth-order valence-electron chi connectivity index (χ4n) is 4.26. The van der Waals surface area contributed by atoms with Crippen molar-refractivity contribution in [2.24, 2.45) is 0 Å². The average Bonchev–Trinajstić information content (AvgIpc) is 3.26. The summed E-state index contributed by atoms with van der Waals surface area (Å²) >= 11 is 0.